The third-order valence-electron chi connectivity index (χ3n) is 3.17. The maximum absolute atomic E-state index is 12.0. The molecular formula is C18H18N2O2. The van der Waals surface area contributed by atoms with Crippen molar-refractivity contribution in [1.29, 1.82) is 0 Å². The van der Waals surface area contributed by atoms with Crippen molar-refractivity contribution in [3.63, 3.8) is 0 Å². The minimum atomic E-state index is -0.729. The number of primary amides is 1. The van der Waals surface area contributed by atoms with Gasteiger partial charge in [0.15, 0.2) is 0 Å². The van der Waals surface area contributed by atoms with Gasteiger partial charge in [-0.25, -0.2) is 0 Å². The van der Waals surface area contributed by atoms with Crippen molar-refractivity contribution in [3.05, 3.63) is 77.9 Å². The first kappa shape index (κ1) is 15.5. The van der Waals surface area contributed by atoms with Gasteiger partial charge < -0.3 is 11.1 Å². The van der Waals surface area contributed by atoms with Crippen LogP contribution >= 0.6 is 0 Å². The first-order valence-corrected chi connectivity index (χ1v) is 7.03. The van der Waals surface area contributed by atoms with Crippen LogP contribution in [-0.4, -0.2) is 17.9 Å². The lowest BCUT2D eigenvalue weighted by molar-refractivity contribution is -0.119. The van der Waals surface area contributed by atoms with Crippen LogP contribution in [0.3, 0.4) is 0 Å². The Hall–Kier alpha value is -2.88. The predicted molar refractivity (Wildman–Crippen MR) is 87.0 cm³/mol. The van der Waals surface area contributed by atoms with E-state index >= 15 is 0 Å². The number of hydrogen-bond acceptors (Lipinski definition) is 2. The molecule has 0 aliphatic heterocycles. The summed E-state index contributed by atoms with van der Waals surface area (Å²) in [5, 5.41) is 2.65. The van der Waals surface area contributed by atoms with E-state index in [-0.39, 0.29) is 5.91 Å². The first-order chi connectivity index (χ1) is 10.7. The number of carbonyl (C=O) groups is 2. The molecule has 0 heterocycles. The highest BCUT2D eigenvalue weighted by Crippen LogP contribution is 2.05. The highest BCUT2D eigenvalue weighted by Gasteiger charge is 2.17. The normalized spacial score (nSPS) is 12.0. The molecule has 4 nitrogen and oxygen atoms in total. The number of benzene rings is 2. The summed E-state index contributed by atoms with van der Waals surface area (Å²) in [5.41, 5.74) is 6.88. The fraction of sp³-hybridized carbons (Fsp3) is 0.111. The number of nitrogens with two attached hydrogens (primary N) is 1. The fourth-order valence-electron chi connectivity index (χ4n) is 1.98. The van der Waals surface area contributed by atoms with Gasteiger partial charge in [-0.3, -0.25) is 9.59 Å². The van der Waals surface area contributed by atoms with Crippen LogP contribution in [0.2, 0.25) is 0 Å². The largest absolute Gasteiger partial charge is 0.368 e. The zero-order valence-corrected chi connectivity index (χ0v) is 12.1. The monoisotopic (exact) mass is 294 g/mol. The van der Waals surface area contributed by atoms with E-state index in [1.807, 2.05) is 48.6 Å². The van der Waals surface area contributed by atoms with Gasteiger partial charge in [-0.05, 0) is 24.1 Å². The highest BCUT2D eigenvalue weighted by atomic mass is 16.2. The van der Waals surface area contributed by atoms with Crippen LogP contribution in [0.1, 0.15) is 22.3 Å². The molecule has 0 radical (unpaired) electrons. The molecule has 0 aliphatic rings. The maximum atomic E-state index is 12.0. The van der Waals surface area contributed by atoms with E-state index in [0.717, 1.165) is 5.56 Å². The van der Waals surface area contributed by atoms with Crippen molar-refractivity contribution >= 4 is 17.9 Å². The first-order valence-electron chi connectivity index (χ1n) is 7.03. The second-order valence-corrected chi connectivity index (χ2v) is 4.84. The van der Waals surface area contributed by atoms with Gasteiger partial charge in [-0.1, -0.05) is 60.7 Å². The van der Waals surface area contributed by atoms with Crippen molar-refractivity contribution in [2.75, 3.05) is 0 Å². The van der Waals surface area contributed by atoms with Gasteiger partial charge in [0, 0.05) is 5.56 Å². The van der Waals surface area contributed by atoms with Gasteiger partial charge in [0.1, 0.15) is 6.04 Å². The predicted octanol–water partition coefficient (Wildman–Crippen LogP) is 2.37. The summed E-state index contributed by atoms with van der Waals surface area (Å²) in [6.45, 7) is 0. The molecule has 2 aromatic carbocycles. The summed E-state index contributed by atoms with van der Waals surface area (Å²) < 4.78 is 0. The summed E-state index contributed by atoms with van der Waals surface area (Å²) in [6, 6.07) is 17.7. The van der Waals surface area contributed by atoms with E-state index < -0.39 is 11.9 Å². The SMILES string of the molecule is NC(=O)[C@@H](C/C=C/c1ccccc1)NC(=O)c1ccccc1. The van der Waals surface area contributed by atoms with Crippen LogP contribution in [0, 0.1) is 0 Å². The Morgan fingerprint density at radius 2 is 1.59 bits per heavy atom. The lowest BCUT2D eigenvalue weighted by Gasteiger charge is -2.13. The van der Waals surface area contributed by atoms with Crippen molar-refractivity contribution < 1.29 is 9.59 Å². The van der Waals surface area contributed by atoms with Crippen molar-refractivity contribution in [3.8, 4) is 0 Å². The Balaban J connectivity index is 1.97. The molecule has 0 saturated carbocycles. The molecular weight excluding hydrogens is 276 g/mol. The van der Waals surface area contributed by atoms with E-state index in [1.54, 1.807) is 24.3 Å². The molecule has 1 atom stereocenters. The lowest BCUT2D eigenvalue weighted by atomic mass is 10.1. The van der Waals surface area contributed by atoms with Crippen molar-refractivity contribution in [1.82, 2.24) is 5.32 Å². The Morgan fingerprint density at radius 3 is 2.18 bits per heavy atom. The Kier molecular flexibility index (Phi) is 5.49. The number of nitrogens with one attached hydrogen (secondary N) is 1. The average molecular weight is 294 g/mol. The third kappa shape index (κ3) is 4.59. The molecule has 22 heavy (non-hydrogen) atoms. The van der Waals surface area contributed by atoms with Crippen LogP contribution in [0.5, 0.6) is 0 Å². The standard InChI is InChI=1S/C18H18N2O2/c19-17(21)16(13-7-10-14-8-3-1-4-9-14)20-18(22)15-11-5-2-6-12-15/h1-12,16H,13H2,(H2,19,21)(H,20,22)/b10-7+/t16-/m1/s1. The van der Waals surface area contributed by atoms with Crippen LogP contribution in [0.15, 0.2) is 66.7 Å². The van der Waals surface area contributed by atoms with Gasteiger partial charge in [0.25, 0.3) is 5.91 Å². The minimum absolute atomic E-state index is 0.308. The molecule has 0 aliphatic carbocycles. The molecule has 2 amide bonds. The summed E-state index contributed by atoms with van der Waals surface area (Å²) in [5.74, 6) is -0.862. The Morgan fingerprint density at radius 1 is 1.00 bits per heavy atom. The maximum Gasteiger partial charge on any atom is 0.251 e. The smallest absolute Gasteiger partial charge is 0.251 e. The second-order valence-electron chi connectivity index (χ2n) is 4.84. The zero-order chi connectivity index (χ0) is 15.8. The molecule has 0 bridgehead atoms. The van der Waals surface area contributed by atoms with Crippen LogP contribution < -0.4 is 11.1 Å². The van der Waals surface area contributed by atoms with Crippen LogP contribution in [0.25, 0.3) is 6.08 Å². The van der Waals surface area contributed by atoms with Crippen molar-refractivity contribution in [2.45, 2.75) is 12.5 Å². The van der Waals surface area contributed by atoms with Crippen LogP contribution in [-0.2, 0) is 4.79 Å². The summed E-state index contributed by atoms with van der Waals surface area (Å²) in [4.78, 5) is 23.5. The molecule has 0 saturated heterocycles. The number of rotatable bonds is 6. The lowest BCUT2D eigenvalue weighted by Crippen LogP contribution is -2.44. The average Bonchev–Trinajstić information content (AvgIpc) is 2.55. The molecule has 2 aromatic rings. The molecule has 0 unspecified atom stereocenters. The summed E-state index contributed by atoms with van der Waals surface area (Å²) in [6.07, 6.45) is 4.07. The van der Waals surface area contributed by atoms with E-state index in [0.29, 0.717) is 12.0 Å². The van der Waals surface area contributed by atoms with E-state index in [4.69, 9.17) is 5.73 Å². The van der Waals surface area contributed by atoms with Gasteiger partial charge >= 0.3 is 0 Å². The fourth-order valence-corrected chi connectivity index (χ4v) is 1.98. The number of hydrogen-bond donors (Lipinski definition) is 2. The second kappa shape index (κ2) is 7.78. The van der Waals surface area contributed by atoms with E-state index in [2.05, 4.69) is 5.32 Å². The number of carbonyl (C=O) groups excluding carboxylic acids is 2. The van der Waals surface area contributed by atoms with Gasteiger partial charge in [0.2, 0.25) is 5.91 Å². The molecule has 4 heteroatoms. The zero-order valence-electron chi connectivity index (χ0n) is 12.1. The van der Waals surface area contributed by atoms with Crippen molar-refractivity contribution in [2.24, 2.45) is 5.73 Å². The van der Waals surface area contributed by atoms with Gasteiger partial charge in [-0.2, -0.15) is 0 Å². The van der Waals surface area contributed by atoms with Crippen LogP contribution in [0.4, 0.5) is 0 Å². The van der Waals surface area contributed by atoms with E-state index in [9.17, 15) is 9.59 Å². The highest BCUT2D eigenvalue weighted by molar-refractivity contribution is 5.97. The Labute approximate surface area is 129 Å². The molecule has 112 valence electrons. The van der Waals surface area contributed by atoms with Gasteiger partial charge in [0.05, 0.1) is 0 Å². The molecule has 2 rings (SSSR count). The Bertz CT molecular complexity index is 651. The topological polar surface area (TPSA) is 72.2 Å². The third-order valence-corrected chi connectivity index (χ3v) is 3.17. The van der Waals surface area contributed by atoms with E-state index in [1.165, 1.54) is 0 Å². The molecule has 0 fully saturated rings. The minimum Gasteiger partial charge on any atom is -0.368 e. The molecule has 0 spiro atoms. The quantitative estimate of drug-likeness (QED) is 0.858. The molecule has 3 N–H and O–H groups in total. The molecule has 0 aromatic heterocycles. The number of amides is 2. The summed E-state index contributed by atoms with van der Waals surface area (Å²) in [7, 11) is 0. The summed E-state index contributed by atoms with van der Waals surface area (Å²) >= 11 is 0. The van der Waals surface area contributed by atoms with Gasteiger partial charge in [-0.15, -0.1) is 0 Å².